The lowest BCUT2D eigenvalue weighted by atomic mass is 10.0. The first-order chi connectivity index (χ1) is 10.1. The SMILES string of the molecule is O=CCCCC(=O)CCCC(=O)CCCC(=O)CCCO. The summed E-state index contributed by atoms with van der Waals surface area (Å²) in [5.74, 6) is 0.275. The van der Waals surface area contributed by atoms with Gasteiger partial charge in [-0.2, -0.15) is 0 Å². The van der Waals surface area contributed by atoms with Gasteiger partial charge >= 0.3 is 0 Å². The van der Waals surface area contributed by atoms with Gasteiger partial charge in [-0.05, 0) is 25.7 Å². The van der Waals surface area contributed by atoms with Gasteiger partial charge in [0.05, 0.1) is 0 Å². The van der Waals surface area contributed by atoms with Crippen molar-refractivity contribution in [2.24, 2.45) is 0 Å². The molecule has 0 aliphatic rings. The van der Waals surface area contributed by atoms with Crippen molar-refractivity contribution in [2.45, 2.75) is 70.6 Å². The second-order valence-corrected chi connectivity index (χ2v) is 5.21. The van der Waals surface area contributed by atoms with E-state index in [2.05, 4.69) is 0 Å². The van der Waals surface area contributed by atoms with Crippen molar-refractivity contribution in [2.75, 3.05) is 6.61 Å². The Morgan fingerprint density at radius 3 is 1.43 bits per heavy atom. The molecular weight excluding hydrogens is 272 g/mol. The summed E-state index contributed by atoms with van der Waals surface area (Å²) in [5.41, 5.74) is 0. The van der Waals surface area contributed by atoms with Crippen LogP contribution in [0.5, 0.6) is 0 Å². The Labute approximate surface area is 126 Å². The first kappa shape index (κ1) is 19.6. The number of hydrogen-bond acceptors (Lipinski definition) is 5. The zero-order valence-electron chi connectivity index (χ0n) is 12.6. The number of carbonyl (C=O) groups excluding carboxylic acids is 4. The minimum absolute atomic E-state index is 0.0194. The number of unbranched alkanes of at least 4 members (excludes halogenated alkanes) is 1. The van der Waals surface area contributed by atoms with E-state index in [0.717, 1.165) is 6.29 Å². The molecular formula is C16H26O5. The van der Waals surface area contributed by atoms with Crippen LogP contribution in [0.3, 0.4) is 0 Å². The van der Waals surface area contributed by atoms with Crippen LogP contribution in [0, 0.1) is 0 Å². The third-order valence-electron chi connectivity index (χ3n) is 3.21. The number of carbonyl (C=O) groups is 4. The molecule has 0 saturated heterocycles. The summed E-state index contributed by atoms with van der Waals surface area (Å²) in [6.07, 6.45) is 5.71. The Bertz CT molecular complexity index is 336. The lowest BCUT2D eigenvalue weighted by Crippen LogP contribution is -2.04. The molecule has 0 aromatic carbocycles. The average molecular weight is 298 g/mol. The van der Waals surface area contributed by atoms with Gasteiger partial charge in [0.15, 0.2) is 0 Å². The highest BCUT2D eigenvalue weighted by atomic mass is 16.3. The van der Waals surface area contributed by atoms with Crippen LogP contribution in [0.1, 0.15) is 70.6 Å². The zero-order chi connectivity index (χ0) is 15.9. The monoisotopic (exact) mass is 298 g/mol. The van der Waals surface area contributed by atoms with E-state index in [1.807, 2.05) is 0 Å². The predicted octanol–water partition coefficient (Wildman–Crippen LogP) is 2.18. The van der Waals surface area contributed by atoms with E-state index < -0.39 is 0 Å². The van der Waals surface area contributed by atoms with Gasteiger partial charge in [-0.3, -0.25) is 14.4 Å². The first-order valence-corrected chi connectivity index (χ1v) is 7.69. The average Bonchev–Trinajstić information content (AvgIpc) is 2.45. The number of hydrogen-bond donors (Lipinski definition) is 1. The van der Waals surface area contributed by atoms with E-state index in [4.69, 9.17) is 5.11 Å². The Morgan fingerprint density at radius 2 is 1.05 bits per heavy atom. The molecule has 0 aromatic heterocycles. The molecule has 0 aromatic rings. The Kier molecular flexibility index (Phi) is 12.7. The smallest absolute Gasteiger partial charge is 0.133 e. The topological polar surface area (TPSA) is 88.5 Å². The van der Waals surface area contributed by atoms with Gasteiger partial charge in [0.25, 0.3) is 0 Å². The van der Waals surface area contributed by atoms with E-state index in [1.165, 1.54) is 0 Å². The molecule has 21 heavy (non-hydrogen) atoms. The summed E-state index contributed by atoms with van der Waals surface area (Å²) < 4.78 is 0. The van der Waals surface area contributed by atoms with E-state index in [9.17, 15) is 19.2 Å². The van der Waals surface area contributed by atoms with Crippen LogP contribution in [-0.4, -0.2) is 35.3 Å². The molecule has 0 amide bonds. The van der Waals surface area contributed by atoms with Crippen molar-refractivity contribution in [1.29, 1.82) is 0 Å². The standard InChI is InChI=1S/C16H26O5/c17-12-2-1-6-14(19)7-3-8-15(20)9-4-10-16(21)11-5-13-18/h12,18H,1-11,13H2. The largest absolute Gasteiger partial charge is 0.396 e. The second kappa shape index (κ2) is 13.6. The van der Waals surface area contributed by atoms with Crippen LogP contribution in [0.25, 0.3) is 0 Å². The van der Waals surface area contributed by atoms with Gasteiger partial charge in [-0.15, -0.1) is 0 Å². The van der Waals surface area contributed by atoms with Gasteiger partial charge in [0.1, 0.15) is 23.6 Å². The maximum absolute atomic E-state index is 11.6. The number of ketones is 3. The Hall–Kier alpha value is -1.36. The third kappa shape index (κ3) is 13.4. The van der Waals surface area contributed by atoms with E-state index in [0.29, 0.717) is 70.6 Å². The van der Waals surface area contributed by atoms with Crippen molar-refractivity contribution >= 4 is 23.6 Å². The molecule has 0 spiro atoms. The maximum atomic E-state index is 11.6. The summed E-state index contributed by atoms with van der Waals surface area (Å²) in [7, 11) is 0. The number of aliphatic hydroxyl groups excluding tert-OH is 1. The Balaban J connectivity index is 3.51. The summed E-state index contributed by atoms with van der Waals surface area (Å²) in [6.45, 7) is 0.0194. The first-order valence-electron chi connectivity index (χ1n) is 7.69. The summed E-state index contributed by atoms with van der Waals surface area (Å²) in [4.78, 5) is 44.4. The molecule has 0 saturated carbocycles. The molecule has 0 radical (unpaired) electrons. The number of aldehydes is 1. The van der Waals surface area contributed by atoms with E-state index in [-0.39, 0.29) is 24.0 Å². The molecule has 0 aliphatic heterocycles. The summed E-state index contributed by atoms with van der Waals surface area (Å²) in [6, 6.07) is 0. The quantitative estimate of drug-likeness (QED) is 0.370. The minimum Gasteiger partial charge on any atom is -0.396 e. The van der Waals surface area contributed by atoms with E-state index in [1.54, 1.807) is 0 Å². The van der Waals surface area contributed by atoms with Gasteiger partial charge in [0.2, 0.25) is 0 Å². The van der Waals surface area contributed by atoms with E-state index >= 15 is 0 Å². The molecule has 5 nitrogen and oxygen atoms in total. The minimum atomic E-state index is 0.0194. The number of rotatable bonds is 15. The van der Waals surface area contributed by atoms with Crippen LogP contribution < -0.4 is 0 Å². The van der Waals surface area contributed by atoms with Crippen molar-refractivity contribution in [3.8, 4) is 0 Å². The van der Waals surface area contributed by atoms with Crippen LogP contribution in [-0.2, 0) is 19.2 Å². The normalized spacial score (nSPS) is 10.3. The molecule has 0 atom stereocenters. The highest BCUT2D eigenvalue weighted by molar-refractivity contribution is 5.82. The molecule has 5 heteroatoms. The Morgan fingerprint density at radius 1 is 0.667 bits per heavy atom. The molecule has 0 aliphatic carbocycles. The molecule has 120 valence electrons. The lowest BCUT2D eigenvalue weighted by molar-refractivity contribution is -0.120. The molecule has 0 bridgehead atoms. The fraction of sp³-hybridized carbons (Fsp3) is 0.750. The van der Waals surface area contributed by atoms with Crippen molar-refractivity contribution in [1.82, 2.24) is 0 Å². The van der Waals surface area contributed by atoms with Crippen molar-refractivity contribution in [3.05, 3.63) is 0 Å². The van der Waals surface area contributed by atoms with Crippen molar-refractivity contribution < 1.29 is 24.3 Å². The van der Waals surface area contributed by atoms with Crippen LogP contribution in [0.15, 0.2) is 0 Å². The fourth-order valence-electron chi connectivity index (χ4n) is 2.00. The van der Waals surface area contributed by atoms with Crippen LogP contribution in [0.4, 0.5) is 0 Å². The highest BCUT2D eigenvalue weighted by Gasteiger charge is 2.07. The third-order valence-corrected chi connectivity index (χ3v) is 3.21. The van der Waals surface area contributed by atoms with Gasteiger partial charge < -0.3 is 9.90 Å². The molecule has 0 unspecified atom stereocenters. The van der Waals surface area contributed by atoms with Gasteiger partial charge in [0, 0.05) is 51.6 Å². The second-order valence-electron chi connectivity index (χ2n) is 5.21. The molecule has 0 fully saturated rings. The highest BCUT2D eigenvalue weighted by Crippen LogP contribution is 2.08. The molecule has 0 rings (SSSR count). The number of aliphatic hydroxyl groups is 1. The van der Waals surface area contributed by atoms with Gasteiger partial charge in [-0.25, -0.2) is 0 Å². The van der Waals surface area contributed by atoms with Crippen LogP contribution >= 0.6 is 0 Å². The maximum Gasteiger partial charge on any atom is 0.133 e. The predicted molar refractivity (Wildman–Crippen MR) is 79.0 cm³/mol. The van der Waals surface area contributed by atoms with Crippen LogP contribution in [0.2, 0.25) is 0 Å². The van der Waals surface area contributed by atoms with Crippen molar-refractivity contribution in [3.63, 3.8) is 0 Å². The molecule has 0 heterocycles. The number of Topliss-reactive ketones (excluding diaryl/α,β-unsaturated/α-hetero) is 3. The summed E-state index contributed by atoms with van der Waals surface area (Å²) >= 11 is 0. The lowest BCUT2D eigenvalue weighted by Gasteiger charge is -2.02. The fourth-order valence-corrected chi connectivity index (χ4v) is 2.00. The zero-order valence-corrected chi connectivity index (χ0v) is 12.6. The van der Waals surface area contributed by atoms with Gasteiger partial charge in [-0.1, -0.05) is 0 Å². The molecule has 1 N–H and O–H groups in total. The summed E-state index contributed by atoms with van der Waals surface area (Å²) in [5, 5.41) is 8.59.